The molecule has 0 radical (unpaired) electrons. The molecule has 0 atom stereocenters. The average Bonchev–Trinajstić information content (AvgIpc) is 2.94. The summed E-state index contributed by atoms with van der Waals surface area (Å²) in [5.41, 5.74) is 0.989. The van der Waals surface area contributed by atoms with Gasteiger partial charge in [0.05, 0.1) is 16.8 Å². The summed E-state index contributed by atoms with van der Waals surface area (Å²) >= 11 is 0. The van der Waals surface area contributed by atoms with E-state index in [4.69, 9.17) is 0 Å². The van der Waals surface area contributed by atoms with Crippen LogP contribution in [0.3, 0.4) is 0 Å². The van der Waals surface area contributed by atoms with Gasteiger partial charge in [-0.1, -0.05) is 17.7 Å². The molecule has 2 rings (SSSR count). The van der Waals surface area contributed by atoms with E-state index in [0.29, 0.717) is 5.82 Å². The Labute approximate surface area is 136 Å². The van der Waals surface area contributed by atoms with Crippen molar-refractivity contribution in [2.45, 2.75) is 38.1 Å². The van der Waals surface area contributed by atoms with Crippen molar-refractivity contribution in [1.29, 1.82) is 0 Å². The molecule has 0 bridgehead atoms. The van der Waals surface area contributed by atoms with Crippen molar-refractivity contribution < 1.29 is 13.2 Å². The molecular formula is C16H21N3O3S. The van der Waals surface area contributed by atoms with Crippen LogP contribution < -0.4 is 5.32 Å². The Morgan fingerprint density at radius 1 is 1.22 bits per heavy atom. The molecule has 0 spiro atoms. The molecule has 1 aromatic carbocycles. The van der Waals surface area contributed by atoms with E-state index < -0.39 is 9.84 Å². The van der Waals surface area contributed by atoms with E-state index in [0.717, 1.165) is 5.56 Å². The van der Waals surface area contributed by atoms with Crippen molar-refractivity contribution in [3.8, 4) is 0 Å². The first kappa shape index (κ1) is 17.2. The van der Waals surface area contributed by atoms with Gasteiger partial charge in [0.2, 0.25) is 5.91 Å². The van der Waals surface area contributed by atoms with Crippen LogP contribution in [0.15, 0.2) is 41.4 Å². The van der Waals surface area contributed by atoms with Crippen LogP contribution in [0.5, 0.6) is 0 Å². The summed E-state index contributed by atoms with van der Waals surface area (Å²) in [5.74, 6) is -0.00151. The Bertz CT molecular complexity index is 777. The third-order valence-corrected chi connectivity index (χ3v) is 5.14. The molecule has 23 heavy (non-hydrogen) atoms. The first-order valence-corrected chi connectivity index (χ1v) is 9.07. The minimum atomic E-state index is -3.46. The van der Waals surface area contributed by atoms with Gasteiger partial charge in [-0.05, 0) is 32.9 Å². The molecular weight excluding hydrogens is 314 g/mol. The number of aryl methyl sites for hydroxylation is 1. The fraction of sp³-hybridized carbons (Fsp3) is 0.375. The second-order valence-electron chi connectivity index (χ2n) is 5.68. The monoisotopic (exact) mass is 335 g/mol. The average molecular weight is 335 g/mol. The van der Waals surface area contributed by atoms with E-state index in [1.807, 2.05) is 20.8 Å². The van der Waals surface area contributed by atoms with Crippen LogP contribution in [0.4, 0.5) is 5.82 Å². The van der Waals surface area contributed by atoms with Gasteiger partial charge in [0.25, 0.3) is 0 Å². The van der Waals surface area contributed by atoms with Gasteiger partial charge in [0.1, 0.15) is 5.82 Å². The summed E-state index contributed by atoms with van der Waals surface area (Å²) in [7, 11) is -3.46. The first-order chi connectivity index (χ1) is 10.8. The van der Waals surface area contributed by atoms with Gasteiger partial charge >= 0.3 is 0 Å². The van der Waals surface area contributed by atoms with E-state index in [2.05, 4.69) is 10.4 Å². The van der Waals surface area contributed by atoms with E-state index in [1.54, 1.807) is 41.2 Å². The SMILES string of the molecule is Cc1ccc(S(=O)(=O)CCC(=O)Nc2ccnn2C(C)C)cc1. The fourth-order valence-electron chi connectivity index (χ4n) is 2.12. The van der Waals surface area contributed by atoms with Crippen LogP contribution in [0.1, 0.15) is 31.9 Å². The maximum absolute atomic E-state index is 12.2. The maximum atomic E-state index is 12.2. The normalized spacial score (nSPS) is 11.7. The fourth-order valence-corrected chi connectivity index (χ4v) is 3.36. The number of benzene rings is 1. The smallest absolute Gasteiger partial charge is 0.226 e. The van der Waals surface area contributed by atoms with Crippen LogP contribution in [0.25, 0.3) is 0 Å². The third kappa shape index (κ3) is 4.41. The van der Waals surface area contributed by atoms with E-state index in [-0.39, 0.29) is 29.0 Å². The van der Waals surface area contributed by atoms with Gasteiger partial charge in [-0.2, -0.15) is 5.10 Å². The summed E-state index contributed by atoms with van der Waals surface area (Å²) in [5, 5.41) is 6.82. The molecule has 0 saturated carbocycles. The number of anilines is 1. The molecule has 0 aliphatic carbocycles. The summed E-state index contributed by atoms with van der Waals surface area (Å²) < 4.78 is 26.1. The van der Waals surface area contributed by atoms with Gasteiger partial charge in [-0.3, -0.25) is 4.79 Å². The zero-order valence-corrected chi connectivity index (χ0v) is 14.3. The largest absolute Gasteiger partial charge is 0.311 e. The summed E-state index contributed by atoms with van der Waals surface area (Å²) in [6.45, 7) is 5.79. The topological polar surface area (TPSA) is 81.1 Å². The van der Waals surface area contributed by atoms with Crippen molar-refractivity contribution in [2.24, 2.45) is 0 Å². The Hall–Kier alpha value is -2.15. The number of carbonyl (C=O) groups excluding carboxylic acids is 1. The zero-order valence-electron chi connectivity index (χ0n) is 13.5. The highest BCUT2D eigenvalue weighted by molar-refractivity contribution is 7.91. The van der Waals surface area contributed by atoms with Crippen LogP contribution >= 0.6 is 0 Å². The van der Waals surface area contributed by atoms with Crippen molar-refractivity contribution in [1.82, 2.24) is 9.78 Å². The Morgan fingerprint density at radius 2 is 1.87 bits per heavy atom. The summed E-state index contributed by atoms with van der Waals surface area (Å²) in [6, 6.07) is 8.41. The zero-order chi connectivity index (χ0) is 17.0. The van der Waals surface area contributed by atoms with Crippen molar-refractivity contribution in [3.05, 3.63) is 42.1 Å². The van der Waals surface area contributed by atoms with Crippen molar-refractivity contribution >= 4 is 21.6 Å². The molecule has 124 valence electrons. The minimum absolute atomic E-state index is 0.0977. The number of nitrogens with one attached hydrogen (secondary N) is 1. The molecule has 0 fully saturated rings. The van der Waals surface area contributed by atoms with Gasteiger partial charge < -0.3 is 5.32 Å². The Kier molecular flexibility index (Phi) is 5.20. The Morgan fingerprint density at radius 3 is 2.48 bits per heavy atom. The quantitative estimate of drug-likeness (QED) is 0.880. The number of hydrogen-bond acceptors (Lipinski definition) is 4. The number of rotatable bonds is 6. The molecule has 1 heterocycles. The van der Waals surface area contributed by atoms with Crippen LogP contribution in [-0.4, -0.2) is 29.9 Å². The highest BCUT2D eigenvalue weighted by Crippen LogP contribution is 2.15. The lowest BCUT2D eigenvalue weighted by Crippen LogP contribution is -2.20. The standard InChI is InChI=1S/C16H21N3O3S/c1-12(2)19-15(8-10-17-19)18-16(20)9-11-23(21,22)14-6-4-13(3)5-7-14/h4-8,10,12H,9,11H2,1-3H3,(H,18,20). The lowest BCUT2D eigenvalue weighted by molar-refractivity contribution is -0.115. The number of nitrogens with zero attached hydrogens (tertiary/aromatic N) is 2. The summed E-state index contributed by atoms with van der Waals surface area (Å²) in [4.78, 5) is 12.2. The molecule has 0 aliphatic heterocycles. The number of carbonyl (C=O) groups is 1. The molecule has 0 saturated heterocycles. The number of aromatic nitrogens is 2. The molecule has 0 aliphatic rings. The minimum Gasteiger partial charge on any atom is -0.311 e. The molecule has 2 aromatic rings. The highest BCUT2D eigenvalue weighted by Gasteiger charge is 2.17. The molecule has 0 unspecified atom stereocenters. The van der Waals surface area contributed by atoms with E-state index >= 15 is 0 Å². The van der Waals surface area contributed by atoms with Crippen LogP contribution in [-0.2, 0) is 14.6 Å². The lowest BCUT2D eigenvalue weighted by Gasteiger charge is -2.11. The summed E-state index contributed by atoms with van der Waals surface area (Å²) in [6.07, 6.45) is 1.50. The first-order valence-electron chi connectivity index (χ1n) is 7.42. The van der Waals surface area contributed by atoms with Crippen LogP contribution in [0, 0.1) is 6.92 Å². The second-order valence-corrected chi connectivity index (χ2v) is 7.79. The maximum Gasteiger partial charge on any atom is 0.226 e. The third-order valence-electron chi connectivity index (χ3n) is 3.40. The van der Waals surface area contributed by atoms with Gasteiger partial charge in [-0.15, -0.1) is 0 Å². The predicted molar refractivity (Wildman–Crippen MR) is 89.1 cm³/mol. The van der Waals surface area contributed by atoms with Crippen molar-refractivity contribution in [2.75, 3.05) is 11.1 Å². The number of sulfone groups is 1. The number of amides is 1. The van der Waals surface area contributed by atoms with E-state index in [1.165, 1.54) is 0 Å². The lowest BCUT2D eigenvalue weighted by atomic mass is 10.2. The molecule has 1 aromatic heterocycles. The van der Waals surface area contributed by atoms with Crippen molar-refractivity contribution in [3.63, 3.8) is 0 Å². The molecule has 1 N–H and O–H groups in total. The highest BCUT2D eigenvalue weighted by atomic mass is 32.2. The van der Waals surface area contributed by atoms with Gasteiger partial charge in [0, 0.05) is 18.5 Å². The molecule has 6 nitrogen and oxygen atoms in total. The van der Waals surface area contributed by atoms with Gasteiger partial charge in [-0.25, -0.2) is 13.1 Å². The number of hydrogen-bond donors (Lipinski definition) is 1. The van der Waals surface area contributed by atoms with Crippen LogP contribution in [0.2, 0.25) is 0 Å². The molecule has 1 amide bonds. The Balaban J connectivity index is 1.98. The molecule has 7 heteroatoms. The predicted octanol–water partition coefficient (Wildman–Crippen LogP) is 2.57. The van der Waals surface area contributed by atoms with Gasteiger partial charge in [0.15, 0.2) is 9.84 Å². The second kappa shape index (κ2) is 6.95. The van der Waals surface area contributed by atoms with E-state index in [9.17, 15) is 13.2 Å².